The number of nitrogens with one attached hydrogen (secondary N) is 2. The largest absolute Gasteiger partial charge is 0.457 e. The second-order valence-corrected chi connectivity index (χ2v) is 7.96. The molecule has 1 amide bonds. The van der Waals surface area contributed by atoms with Crippen molar-refractivity contribution in [2.24, 2.45) is 0 Å². The number of rotatable bonds is 4. The standard InChI is InChI=1S/C20H12BrCl2FN2O2S/c21-12-1-4-17(16(24)9-12)25-20(29)26-19(27)6-3-15-2-5-18(28-15)11-7-13(22)10-14(23)8-11/h1-10H,(H2,25,26,27,29)/b6-3+. The summed E-state index contributed by atoms with van der Waals surface area (Å²) in [6, 6.07) is 12.9. The van der Waals surface area contributed by atoms with Gasteiger partial charge in [-0.1, -0.05) is 39.1 Å². The first-order chi connectivity index (χ1) is 13.8. The van der Waals surface area contributed by atoms with E-state index in [9.17, 15) is 9.18 Å². The van der Waals surface area contributed by atoms with Crippen LogP contribution < -0.4 is 10.6 Å². The summed E-state index contributed by atoms with van der Waals surface area (Å²) in [4.78, 5) is 12.0. The molecule has 0 unspecified atom stereocenters. The Morgan fingerprint density at radius 1 is 1.10 bits per heavy atom. The van der Waals surface area contributed by atoms with Gasteiger partial charge in [-0.3, -0.25) is 10.1 Å². The van der Waals surface area contributed by atoms with Crippen LogP contribution in [0, 0.1) is 5.82 Å². The molecular formula is C20H12BrCl2FN2O2S. The zero-order valence-electron chi connectivity index (χ0n) is 14.5. The van der Waals surface area contributed by atoms with Crippen molar-refractivity contribution >= 4 is 74.1 Å². The van der Waals surface area contributed by atoms with E-state index in [0.717, 1.165) is 0 Å². The van der Waals surface area contributed by atoms with E-state index in [-0.39, 0.29) is 10.8 Å². The highest BCUT2D eigenvalue weighted by Crippen LogP contribution is 2.29. The predicted molar refractivity (Wildman–Crippen MR) is 122 cm³/mol. The number of amides is 1. The molecule has 0 fully saturated rings. The van der Waals surface area contributed by atoms with E-state index in [4.69, 9.17) is 39.8 Å². The summed E-state index contributed by atoms with van der Waals surface area (Å²) in [5, 5.41) is 6.00. The third-order valence-electron chi connectivity index (χ3n) is 3.59. The van der Waals surface area contributed by atoms with Crippen LogP contribution in [0.25, 0.3) is 17.4 Å². The summed E-state index contributed by atoms with van der Waals surface area (Å²) < 4.78 is 20.1. The smallest absolute Gasteiger partial charge is 0.250 e. The predicted octanol–water partition coefficient (Wildman–Crippen LogP) is 6.68. The van der Waals surface area contributed by atoms with Crippen molar-refractivity contribution in [3.63, 3.8) is 0 Å². The molecule has 0 aliphatic rings. The van der Waals surface area contributed by atoms with Crippen LogP contribution in [0.5, 0.6) is 0 Å². The van der Waals surface area contributed by atoms with Crippen LogP contribution in [-0.2, 0) is 4.79 Å². The fourth-order valence-electron chi connectivity index (χ4n) is 2.35. The minimum Gasteiger partial charge on any atom is -0.457 e. The molecule has 0 saturated heterocycles. The Kier molecular flexibility index (Phi) is 7.08. The number of hydrogen-bond donors (Lipinski definition) is 2. The van der Waals surface area contributed by atoms with Crippen LogP contribution in [0.2, 0.25) is 10.0 Å². The van der Waals surface area contributed by atoms with Crippen LogP contribution in [0.15, 0.2) is 63.5 Å². The van der Waals surface area contributed by atoms with E-state index in [1.54, 1.807) is 36.4 Å². The van der Waals surface area contributed by atoms with Gasteiger partial charge in [-0.15, -0.1) is 0 Å². The van der Waals surface area contributed by atoms with E-state index in [1.807, 2.05) is 0 Å². The normalized spacial score (nSPS) is 10.9. The lowest BCUT2D eigenvalue weighted by atomic mass is 10.2. The van der Waals surface area contributed by atoms with Gasteiger partial charge in [0.1, 0.15) is 17.3 Å². The van der Waals surface area contributed by atoms with Gasteiger partial charge >= 0.3 is 0 Å². The summed E-state index contributed by atoms with van der Waals surface area (Å²) in [5.41, 5.74) is 0.867. The lowest BCUT2D eigenvalue weighted by molar-refractivity contribution is -0.115. The molecule has 0 saturated carbocycles. The highest BCUT2D eigenvalue weighted by Gasteiger charge is 2.08. The molecule has 1 aromatic heterocycles. The Labute approximate surface area is 189 Å². The van der Waals surface area contributed by atoms with Crippen molar-refractivity contribution in [3.8, 4) is 11.3 Å². The molecule has 0 atom stereocenters. The average Bonchev–Trinajstić information content (AvgIpc) is 3.11. The zero-order valence-corrected chi connectivity index (χ0v) is 18.4. The number of anilines is 1. The summed E-state index contributed by atoms with van der Waals surface area (Å²) in [6.45, 7) is 0. The van der Waals surface area contributed by atoms with Gasteiger partial charge in [0.05, 0.1) is 5.69 Å². The monoisotopic (exact) mass is 512 g/mol. The Hall–Kier alpha value is -2.19. The summed E-state index contributed by atoms with van der Waals surface area (Å²) in [6.07, 6.45) is 2.73. The van der Waals surface area contributed by atoms with Gasteiger partial charge in [0.25, 0.3) is 0 Å². The van der Waals surface area contributed by atoms with E-state index >= 15 is 0 Å². The SMILES string of the molecule is O=C(/C=C/c1ccc(-c2cc(Cl)cc(Cl)c2)o1)NC(=S)Nc1ccc(Br)cc1F. The van der Waals surface area contributed by atoms with Crippen LogP contribution in [0.4, 0.5) is 10.1 Å². The van der Waals surface area contributed by atoms with Gasteiger partial charge in [0.2, 0.25) is 5.91 Å². The van der Waals surface area contributed by atoms with Crippen LogP contribution >= 0.6 is 51.3 Å². The molecule has 0 aliphatic heterocycles. The fourth-order valence-corrected chi connectivity index (χ4v) is 3.42. The van der Waals surface area contributed by atoms with E-state index < -0.39 is 11.7 Å². The summed E-state index contributed by atoms with van der Waals surface area (Å²) in [7, 11) is 0. The average molecular weight is 514 g/mol. The van der Waals surface area contributed by atoms with Gasteiger partial charge in [0, 0.05) is 26.2 Å². The molecule has 29 heavy (non-hydrogen) atoms. The molecule has 3 rings (SSSR count). The molecule has 0 bridgehead atoms. The van der Waals surface area contributed by atoms with Gasteiger partial charge in [-0.25, -0.2) is 4.39 Å². The van der Waals surface area contributed by atoms with Crippen molar-refractivity contribution < 1.29 is 13.6 Å². The number of carbonyl (C=O) groups excluding carboxylic acids is 1. The molecule has 0 spiro atoms. The highest BCUT2D eigenvalue weighted by molar-refractivity contribution is 9.10. The van der Waals surface area contributed by atoms with Crippen molar-refractivity contribution in [2.45, 2.75) is 0 Å². The van der Waals surface area contributed by atoms with Crippen molar-refractivity contribution in [1.82, 2.24) is 5.32 Å². The first-order valence-electron chi connectivity index (χ1n) is 8.11. The van der Waals surface area contributed by atoms with Gasteiger partial charge in [-0.05, 0) is 66.8 Å². The number of furan rings is 1. The number of hydrogen-bond acceptors (Lipinski definition) is 3. The Morgan fingerprint density at radius 3 is 2.52 bits per heavy atom. The van der Waals surface area contributed by atoms with Crippen molar-refractivity contribution in [2.75, 3.05) is 5.32 Å². The molecule has 2 N–H and O–H groups in total. The molecule has 3 aromatic rings. The van der Waals surface area contributed by atoms with Crippen molar-refractivity contribution in [3.05, 3.63) is 80.7 Å². The van der Waals surface area contributed by atoms with Gasteiger partial charge < -0.3 is 9.73 Å². The van der Waals surface area contributed by atoms with Crippen LogP contribution in [-0.4, -0.2) is 11.0 Å². The summed E-state index contributed by atoms with van der Waals surface area (Å²) >= 11 is 20.2. The Bertz CT molecular complexity index is 1100. The molecule has 2 aromatic carbocycles. The van der Waals surface area contributed by atoms with Gasteiger partial charge in [0.15, 0.2) is 5.11 Å². The maximum Gasteiger partial charge on any atom is 0.250 e. The van der Waals surface area contributed by atoms with Crippen molar-refractivity contribution in [1.29, 1.82) is 0 Å². The first-order valence-corrected chi connectivity index (χ1v) is 10.1. The van der Waals surface area contributed by atoms with Crippen LogP contribution in [0.3, 0.4) is 0 Å². The van der Waals surface area contributed by atoms with E-state index in [0.29, 0.717) is 31.6 Å². The minimum atomic E-state index is -0.504. The topological polar surface area (TPSA) is 54.3 Å². The molecule has 148 valence electrons. The number of thiocarbonyl (C=S) groups is 1. The lowest BCUT2D eigenvalue weighted by Gasteiger charge is -2.09. The quantitative estimate of drug-likeness (QED) is 0.301. The van der Waals surface area contributed by atoms with E-state index in [2.05, 4.69) is 26.6 Å². The molecular weight excluding hydrogens is 502 g/mol. The van der Waals surface area contributed by atoms with Gasteiger partial charge in [-0.2, -0.15) is 0 Å². The first kappa shape index (κ1) is 21.5. The number of carbonyl (C=O) groups is 1. The van der Waals surface area contributed by atoms with E-state index in [1.165, 1.54) is 24.3 Å². The summed E-state index contributed by atoms with van der Waals surface area (Å²) in [5.74, 6) is 0.000887. The Morgan fingerprint density at radius 2 is 1.83 bits per heavy atom. The molecule has 0 radical (unpaired) electrons. The molecule has 0 aliphatic carbocycles. The maximum atomic E-state index is 13.8. The number of benzene rings is 2. The third kappa shape index (κ3) is 6.14. The molecule has 9 heteroatoms. The van der Waals surface area contributed by atoms with Crippen LogP contribution in [0.1, 0.15) is 5.76 Å². The maximum absolute atomic E-state index is 13.8. The highest BCUT2D eigenvalue weighted by atomic mass is 79.9. The number of halogens is 4. The second-order valence-electron chi connectivity index (χ2n) is 5.76. The molecule has 4 nitrogen and oxygen atoms in total. The lowest BCUT2D eigenvalue weighted by Crippen LogP contribution is -2.33. The molecule has 1 heterocycles. The minimum absolute atomic E-state index is 0.0328. The fraction of sp³-hybridized carbons (Fsp3) is 0. The Balaban J connectivity index is 1.60. The second kappa shape index (κ2) is 9.54. The third-order valence-corrected chi connectivity index (χ3v) is 4.72. The zero-order chi connectivity index (χ0) is 21.0.